The van der Waals surface area contributed by atoms with Crippen LogP contribution in [0, 0.1) is 17.8 Å². The minimum atomic E-state index is -1.99. The van der Waals surface area contributed by atoms with Gasteiger partial charge in [-0.25, -0.2) is 0 Å². The van der Waals surface area contributed by atoms with Crippen LogP contribution < -0.4 is 4.74 Å². The number of rotatable bonds is 10. The van der Waals surface area contributed by atoms with Crippen LogP contribution in [0.1, 0.15) is 51.5 Å². The summed E-state index contributed by atoms with van der Waals surface area (Å²) in [5.41, 5.74) is 1.10. The molecule has 1 heterocycles. The highest BCUT2D eigenvalue weighted by Gasteiger charge is 2.40. The van der Waals surface area contributed by atoms with E-state index in [0.29, 0.717) is 25.4 Å². The van der Waals surface area contributed by atoms with Crippen molar-refractivity contribution in [3.8, 4) is 17.6 Å². The Balaban J connectivity index is 2.01. The molecule has 3 atom stereocenters. The summed E-state index contributed by atoms with van der Waals surface area (Å²) in [5, 5.41) is 10.3. The van der Waals surface area contributed by atoms with Gasteiger partial charge in [-0.1, -0.05) is 51.7 Å². The van der Waals surface area contributed by atoms with Crippen molar-refractivity contribution in [1.82, 2.24) is 0 Å². The van der Waals surface area contributed by atoms with Crippen molar-refractivity contribution in [3.05, 3.63) is 54.0 Å². The van der Waals surface area contributed by atoms with Crippen LogP contribution in [-0.2, 0) is 15.8 Å². The molecule has 2 rings (SSSR count). The van der Waals surface area contributed by atoms with E-state index >= 15 is 0 Å². The summed E-state index contributed by atoms with van der Waals surface area (Å²) in [6.07, 6.45) is 1.05. The Kier molecular flexibility index (Phi) is 9.59. The van der Waals surface area contributed by atoms with Crippen LogP contribution in [0.2, 0.25) is 18.1 Å². The first-order chi connectivity index (χ1) is 15.0. The Morgan fingerprint density at radius 1 is 1.12 bits per heavy atom. The first-order valence-electron chi connectivity index (χ1n) is 11.1. The summed E-state index contributed by atoms with van der Waals surface area (Å²) >= 11 is 0. The van der Waals surface area contributed by atoms with Crippen LogP contribution in [0.25, 0.3) is 0 Å². The van der Waals surface area contributed by atoms with Gasteiger partial charge in [0.1, 0.15) is 11.5 Å². The fraction of sp³-hybridized carbons (Fsp3) is 0.538. The number of hydrogen-bond acceptors (Lipinski definition) is 5. The van der Waals surface area contributed by atoms with Gasteiger partial charge < -0.3 is 23.4 Å². The number of furan rings is 1. The lowest BCUT2D eigenvalue weighted by Gasteiger charge is -2.40. The zero-order chi connectivity index (χ0) is 23.8. The molecule has 32 heavy (non-hydrogen) atoms. The molecule has 0 aliphatic heterocycles. The van der Waals surface area contributed by atoms with E-state index in [2.05, 4.69) is 52.6 Å². The molecule has 1 aromatic carbocycles. The minimum absolute atomic E-state index is 0.0805. The second-order valence-corrected chi connectivity index (χ2v) is 14.5. The maximum atomic E-state index is 10.2. The Labute approximate surface area is 194 Å². The van der Waals surface area contributed by atoms with Crippen molar-refractivity contribution in [1.29, 1.82) is 0 Å². The van der Waals surface area contributed by atoms with Crippen molar-refractivity contribution in [2.75, 3.05) is 13.7 Å². The lowest BCUT2D eigenvalue weighted by molar-refractivity contribution is 0.0360. The molecule has 1 aromatic heterocycles. The van der Waals surface area contributed by atoms with Crippen LogP contribution in [0.4, 0.5) is 0 Å². The van der Waals surface area contributed by atoms with Gasteiger partial charge in [0, 0.05) is 12.3 Å². The van der Waals surface area contributed by atoms with Gasteiger partial charge in [-0.2, -0.15) is 0 Å². The van der Waals surface area contributed by atoms with E-state index < -0.39 is 14.4 Å². The molecule has 176 valence electrons. The van der Waals surface area contributed by atoms with E-state index in [0.717, 1.165) is 11.3 Å². The molecule has 1 N–H and O–H groups in total. The molecule has 0 saturated heterocycles. The molecule has 2 aromatic rings. The minimum Gasteiger partial charge on any atom is -0.497 e. The molecule has 5 nitrogen and oxygen atoms in total. The third-order valence-electron chi connectivity index (χ3n) is 6.05. The predicted molar refractivity (Wildman–Crippen MR) is 130 cm³/mol. The Morgan fingerprint density at radius 3 is 2.38 bits per heavy atom. The van der Waals surface area contributed by atoms with E-state index in [9.17, 15) is 5.11 Å². The fourth-order valence-electron chi connectivity index (χ4n) is 2.88. The normalized spacial score (nSPS) is 14.9. The molecule has 0 spiro atoms. The largest absolute Gasteiger partial charge is 0.497 e. The van der Waals surface area contributed by atoms with E-state index in [1.165, 1.54) is 6.26 Å². The summed E-state index contributed by atoms with van der Waals surface area (Å²) in [6.45, 7) is 14.4. The third kappa shape index (κ3) is 7.82. The van der Waals surface area contributed by atoms with Crippen molar-refractivity contribution >= 4 is 8.32 Å². The highest BCUT2D eigenvalue weighted by atomic mass is 28.4. The van der Waals surface area contributed by atoms with Crippen LogP contribution in [-0.4, -0.2) is 33.2 Å². The summed E-state index contributed by atoms with van der Waals surface area (Å²) in [5.74, 6) is 7.44. The highest BCUT2D eigenvalue weighted by Crippen LogP contribution is 2.38. The number of benzene rings is 1. The summed E-state index contributed by atoms with van der Waals surface area (Å²) in [7, 11) is -0.334. The highest BCUT2D eigenvalue weighted by molar-refractivity contribution is 6.74. The lowest BCUT2D eigenvalue weighted by Crippen LogP contribution is -2.46. The first kappa shape index (κ1) is 26.2. The van der Waals surface area contributed by atoms with Crippen LogP contribution in [0.3, 0.4) is 0 Å². The van der Waals surface area contributed by atoms with Crippen LogP contribution in [0.15, 0.2) is 47.1 Å². The van der Waals surface area contributed by atoms with Gasteiger partial charge in [-0.05, 0) is 48.0 Å². The Bertz CT molecular complexity index is 856. The van der Waals surface area contributed by atoms with Gasteiger partial charge in [0.25, 0.3) is 0 Å². The number of aliphatic hydroxyl groups excluding tert-OH is 1. The van der Waals surface area contributed by atoms with Gasteiger partial charge in [-0.3, -0.25) is 0 Å². The maximum Gasteiger partial charge on any atom is 0.192 e. The summed E-state index contributed by atoms with van der Waals surface area (Å²) in [4.78, 5) is 0. The topological polar surface area (TPSA) is 61.1 Å². The standard InChI is InChI=1S/C26H38O5Si/c1-20(18-29-19-21-13-15-22(28-5)16-14-21)24(31-32(6,7)26(2,3)4)11-8-10-23(27)25-12-9-17-30-25/h9,12-17,20,23-24,27H,11,18-19H2,1-7H3/t20-,23?,24-/m0/s1. The number of ether oxygens (including phenoxy) is 2. The van der Waals surface area contributed by atoms with Crippen molar-refractivity contribution in [2.24, 2.45) is 5.92 Å². The third-order valence-corrected chi connectivity index (χ3v) is 10.6. The molecule has 0 aliphatic rings. The monoisotopic (exact) mass is 458 g/mol. The molecule has 0 saturated carbocycles. The first-order valence-corrected chi connectivity index (χ1v) is 14.0. The van der Waals surface area contributed by atoms with E-state index in [1.54, 1.807) is 19.2 Å². The Morgan fingerprint density at radius 2 is 1.81 bits per heavy atom. The molecule has 0 bridgehead atoms. The molecule has 0 aliphatic carbocycles. The quantitative estimate of drug-likeness (QED) is 0.352. The maximum absolute atomic E-state index is 10.2. The molecular formula is C26H38O5Si. The van der Waals surface area contributed by atoms with E-state index in [-0.39, 0.29) is 17.1 Å². The van der Waals surface area contributed by atoms with Gasteiger partial charge in [0.15, 0.2) is 14.4 Å². The second-order valence-electron chi connectivity index (χ2n) is 9.70. The molecular weight excluding hydrogens is 420 g/mol. The van der Waals surface area contributed by atoms with Gasteiger partial charge in [0.2, 0.25) is 0 Å². The zero-order valence-electron chi connectivity index (χ0n) is 20.5. The second kappa shape index (κ2) is 11.7. The summed E-state index contributed by atoms with van der Waals surface area (Å²) in [6, 6.07) is 11.4. The molecule has 1 unspecified atom stereocenters. The smallest absolute Gasteiger partial charge is 0.192 e. The summed E-state index contributed by atoms with van der Waals surface area (Å²) < 4.78 is 23.1. The van der Waals surface area contributed by atoms with Gasteiger partial charge in [0.05, 0.1) is 32.7 Å². The average molecular weight is 459 g/mol. The van der Waals surface area contributed by atoms with Gasteiger partial charge in [-0.15, -0.1) is 0 Å². The number of hydrogen-bond donors (Lipinski definition) is 1. The SMILES string of the molecule is COc1ccc(COC[C@H](C)[C@H](CC#CC(O)c2ccco2)O[Si](C)(C)C(C)(C)C)cc1. The van der Waals surface area contributed by atoms with Crippen LogP contribution >= 0.6 is 0 Å². The van der Waals surface area contributed by atoms with E-state index in [1.807, 2.05) is 24.3 Å². The molecule has 0 amide bonds. The molecule has 6 heteroatoms. The molecule has 0 radical (unpaired) electrons. The van der Waals surface area contributed by atoms with Crippen LogP contribution in [0.5, 0.6) is 5.75 Å². The Hall–Kier alpha value is -2.04. The average Bonchev–Trinajstić information content (AvgIpc) is 3.27. The van der Waals surface area contributed by atoms with Gasteiger partial charge >= 0.3 is 0 Å². The lowest BCUT2D eigenvalue weighted by atomic mass is 10.0. The number of methoxy groups -OCH3 is 1. The van der Waals surface area contributed by atoms with Crippen molar-refractivity contribution in [3.63, 3.8) is 0 Å². The van der Waals surface area contributed by atoms with Crippen molar-refractivity contribution in [2.45, 2.75) is 71.1 Å². The predicted octanol–water partition coefficient (Wildman–Crippen LogP) is 5.96. The van der Waals surface area contributed by atoms with E-state index in [4.69, 9.17) is 18.3 Å². The van der Waals surface area contributed by atoms with Crippen molar-refractivity contribution < 1.29 is 23.4 Å². The molecule has 0 fully saturated rings. The number of aliphatic hydroxyl groups is 1. The fourth-order valence-corrected chi connectivity index (χ4v) is 4.31. The zero-order valence-corrected chi connectivity index (χ0v) is 21.5.